The van der Waals surface area contributed by atoms with Gasteiger partial charge >= 0.3 is 0 Å². The quantitative estimate of drug-likeness (QED) is 0.903. The lowest BCUT2D eigenvalue weighted by Gasteiger charge is -2.14. The van der Waals surface area contributed by atoms with E-state index in [0.717, 1.165) is 34.5 Å². The van der Waals surface area contributed by atoms with Crippen molar-refractivity contribution in [3.8, 4) is 5.75 Å². The van der Waals surface area contributed by atoms with Crippen LogP contribution >= 0.6 is 0 Å². The fourth-order valence-corrected chi connectivity index (χ4v) is 2.95. The van der Waals surface area contributed by atoms with Gasteiger partial charge in [0, 0.05) is 5.69 Å². The van der Waals surface area contributed by atoms with Gasteiger partial charge in [-0.2, -0.15) is 0 Å². The molecule has 0 spiro atoms. The largest absolute Gasteiger partial charge is 0.493 e. The van der Waals surface area contributed by atoms with Gasteiger partial charge in [0.2, 0.25) is 5.91 Å². The minimum Gasteiger partial charge on any atom is -0.493 e. The summed E-state index contributed by atoms with van der Waals surface area (Å²) in [5.74, 6) is 0.828. The molecule has 0 fully saturated rings. The molecule has 0 unspecified atom stereocenters. The fraction of sp³-hybridized carbons (Fsp3) is 0.316. The monoisotopic (exact) mass is 295 g/mol. The third-order valence-corrected chi connectivity index (χ3v) is 4.10. The highest BCUT2D eigenvalue weighted by Crippen LogP contribution is 2.38. The number of anilines is 1. The van der Waals surface area contributed by atoms with Crippen LogP contribution in [0.5, 0.6) is 5.75 Å². The maximum atomic E-state index is 12.4. The van der Waals surface area contributed by atoms with Crippen LogP contribution in [0.1, 0.15) is 36.0 Å². The Morgan fingerprint density at radius 2 is 1.95 bits per heavy atom. The van der Waals surface area contributed by atoms with Crippen molar-refractivity contribution < 1.29 is 9.53 Å². The van der Waals surface area contributed by atoms with E-state index in [2.05, 4.69) is 12.2 Å². The second-order valence-electron chi connectivity index (χ2n) is 5.74. The van der Waals surface area contributed by atoms with Crippen molar-refractivity contribution in [1.29, 1.82) is 0 Å². The number of rotatable bonds is 5. The molecular weight excluding hydrogens is 274 g/mol. The first-order valence-electron chi connectivity index (χ1n) is 7.81. The number of benzene rings is 2. The molecule has 3 nitrogen and oxygen atoms in total. The van der Waals surface area contributed by atoms with E-state index in [1.54, 1.807) is 0 Å². The van der Waals surface area contributed by atoms with Gasteiger partial charge in [0.25, 0.3) is 0 Å². The number of carbonyl (C=O) groups is 1. The van der Waals surface area contributed by atoms with Gasteiger partial charge < -0.3 is 10.1 Å². The number of carbonyl (C=O) groups excluding carboxylic acids is 1. The maximum absolute atomic E-state index is 12.4. The van der Waals surface area contributed by atoms with E-state index in [9.17, 15) is 4.79 Å². The molecule has 114 valence electrons. The fourth-order valence-electron chi connectivity index (χ4n) is 2.95. The summed E-state index contributed by atoms with van der Waals surface area (Å²) in [6.45, 7) is 4.81. The molecule has 3 heteroatoms. The van der Waals surface area contributed by atoms with E-state index in [-0.39, 0.29) is 11.8 Å². The molecule has 2 aromatic rings. The topological polar surface area (TPSA) is 38.3 Å². The SMILES string of the molecule is CCCOc1ccccc1C[C@H]1C(=O)Nc2c(C)cccc21. The molecule has 0 bridgehead atoms. The van der Waals surface area contributed by atoms with E-state index in [0.29, 0.717) is 13.0 Å². The summed E-state index contributed by atoms with van der Waals surface area (Å²) >= 11 is 0. The van der Waals surface area contributed by atoms with Crippen LogP contribution in [0.25, 0.3) is 0 Å². The summed E-state index contributed by atoms with van der Waals surface area (Å²) in [6, 6.07) is 14.1. The lowest BCUT2D eigenvalue weighted by molar-refractivity contribution is -0.117. The van der Waals surface area contributed by atoms with Gasteiger partial charge in [-0.05, 0) is 42.5 Å². The average molecular weight is 295 g/mol. The van der Waals surface area contributed by atoms with E-state index >= 15 is 0 Å². The summed E-state index contributed by atoms with van der Waals surface area (Å²) in [5, 5.41) is 3.02. The molecule has 3 rings (SSSR count). The second kappa shape index (κ2) is 6.22. The summed E-state index contributed by atoms with van der Waals surface area (Å²) in [6.07, 6.45) is 1.64. The third-order valence-electron chi connectivity index (χ3n) is 4.10. The Morgan fingerprint density at radius 3 is 2.77 bits per heavy atom. The minimum atomic E-state index is -0.138. The molecule has 0 saturated heterocycles. The van der Waals surface area contributed by atoms with Gasteiger partial charge in [0.1, 0.15) is 5.75 Å². The Morgan fingerprint density at radius 1 is 1.14 bits per heavy atom. The molecular formula is C19H21NO2. The highest BCUT2D eigenvalue weighted by atomic mass is 16.5. The molecule has 1 N–H and O–H groups in total. The van der Waals surface area contributed by atoms with E-state index in [1.165, 1.54) is 0 Å². The van der Waals surface area contributed by atoms with Gasteiger partial charge in [0.05, 0.1) is 12.5 Å². The van der Waals surface area contributed by atoms with Crippen molar-refractivity contribution in [1.82, 2.24) is 0 Å². The second-order valence-corrected chi connectivity index (χ2v) is 5.74. The van der Waals surface area contributed by atoms with Crippen LogP contribution in [0, 0.1) is 6.92 Å². The number of hydrogen-bond donors (Lipinski definition) is 1. The van der Waals surface area contributed by atoms with Crippen LogP contribution in [-0.2, 0) is 11.2 Å². The molecule has 1 aliphatic heterocycles. The summed E-state index contributed by atoms with van der Waals surface area (Å²) in [4.78, 5) is 12.4. The number of fused-ring (bicyclic) bond motifs is 1. The Labute approximate surface area is 131 Å². The first-order chi connectivity index (χ1) is 10.7. The van der Waals surface area contributed by atoms with Gasteiger partial charge in [-0.25, -0.2) is 0 Å². The number of ether oxygens (including phenoxy) is 1. The smallest absolute Gasteiger partial charge is 0.232 e. The Kier molecular flexibility index (Phi) is 4.14. The zero-order valence-corrected chi connectivity index (χ0v) is 13.1. The Balaban J connectivity index is 1.89. The Bertz CT molecular complexity index is 694. The maximum Gasteiger partial charge on any atom is 0.232 e. The van der Waals surface area contributed by atoms with Crippen LogP contribution in [-0.4, -0.2) is 12.5 Å². The van der Waals surface area contributed by atoms with Crippen molar-refractivity contribution in [3.05, 3.63) is 59.2 Å². The van der Waals surface area contributed by atoms with Crippen molar-refractivity contribution >= 4 is 11.6 Å². The number of hydrogen-bond acceptors (Lipinski definition) is 2. The molecule has 1 aliphatic rings. The van der Waals surface area contributed by atoms with Crippen molar-refractivity contribution in [2.75, 3.05) is 11.9 Å². The highest BCUT2D eigenvalue weighted by molar-refractivity contribution is 6.03. The first-order valence-corrected chi connectivity index (χ1v) is 7.81. The molecule has 1 amide bonds. The molecule has 0 aliphatic carbocycles. The molecule has 0 aromatic heterocycles. The van der Waals surface area contributed by atoms with Crippen molar-refractivity contribution in [3.63, 3.8) is 0 Å². The molecule has 22 heavy (non-hydrogen) atoms. The van der Waals surface area contributed by atoms with Gasteiger partial charge in [-0.15, -0.1) is 0 Å². The van der Waals surface area contributed by atoms with E-state index in [4.69, 9.17) is 4.74 Å². The first kappa shape index (κ1) is 14.6. The van der Waals surface area contributed by atoms with Gasteiger partial charge in [-0.3, -0.25) is 4.79 Å². The lowest BCUT2D eigenvalue weighted by atomic mass is 9.92. The molecule has 0 saturated carbocycles. The molecule has 1 atom stereocenters. The Hall–Kier alpha value is -2.29. The number of para-hydroxylation sites is 2. The minimum absolute atomic E-state index is 0.0783. The van der Waals surface area contributed by atoms with E-state index < -0.39 is 0 Å². The number of aryl methyl sites for hydroxylation is 1. The zero-order valence-electron chi connectivity index (χ0n) is 13.1. The summed E-state index contributed by atoms with van der Waals surface area (Å²) in [7, 11) is 0. The van der Waals surface area contributed by atoms with Crippen LogP contribution in [0.3, 0.4) is 0 Å². The highest BCUT2D eigenvalue weighted by Gasteiger charge is 2.31. The van der Waals surface area contributed by atoms with E-state index in [1.807, 2.05) is 49.4 Å². The molecule has 2 aromatic carbocycles. The van der Waals surface area contributed by atoms with Gasteiger partial charge in [-0.1, -0.05) is 43.3 Å². The van der Waals surface area contributed by atoms with Crippen molar-refractivity contribution in [2.45, 2.75) is 32.6 Å². The summed E-state index contributed by atoms with van der Waals surface area (Å²) in [5.41, 5.74) is 4.27. The third kappa shape index (κ3) is 2.71. The van der Waals surface area contributed by atoms with Gasteiger partial charge in [0.15, 0.2) is 0 Å². The molecule has 0 radical (unpaired) electrons. The lowest BCUT2D eigenvalue weighted by Crippen LogP contribution is -2.15. The predicted octanol–water partition coefficient (Wildman–Crippen LogP) is 4.06. The van der Waals surface area contributed by atoms with Crippen molar-refractivity contribution in [2.24, 2.45) is 0 Å². The van der Waals surface area contributed by atoms with Crippen LogP contribution < -0.4 is 10.1 Å². The number of nitrogens with one attached hydrogen (secondary N) is 1. The van der Waals surface area contributed by atoms with Crippen LogP contribution in [0.4, 0.5) is 5.69 Å². The molecule has 1 heterocycles. The zero-order chi connectivity index (χ0) is 15.5. The normalized spacial score (nSPS) is 16.3. The van der Waals surface area contributed by atoms with Crippen LogP contribution in [0.2, 0.25) is 0 Å². The predicted molar refractivity (Wildman–Crippen MR) is 88.5 cm³/mol. The standard InChI is InChI=1S/C19H21NO2/c1-3-11-22-17-10-5-4-8-14(17)12-16-15-9-6-7-13(2)18(15)20-19(16)21/h4-10,16H,3,11-12H2,1-2H3,(H,20,21)/t16-/m1/s1. The summed E-state index contributed by atoms with van der Waals surface area (Å²) < 4.78 is 5.81. The number of amides is 1. The average Bonchev–Trinajstić information content (AvgIpc) is 2.84. The van der Waals surface area contributed by atoms with Crippen LogP contribution in [0.15, 0.2) is 42.5 Å².